The third-order valence-electron chi connectivity index (χ3n) is 5.47. The first-order valence-corrected chi connectivity index (χ1v) is 11.0. The number of benzene rings is 2. The Morgan fingerprint density at radius 1 is 0.882 bits per heavy atom. The van der Waals surface area contributed by atoms with Gasteiger partial charge >= 0.3 is 17.8 Å². The van der Waals surface area contributed by atoms with Gasteiger partial charge in [-0.3, -0.25) is 14.4 Å². The van der Waals surface area contributed by atoms with Crippen molar-refractivity contribution >= 4 is 40.8 Å². The van der Waals surface area contributed by atoms with E-state index in [1.54, 1.807) is 48.4 Å². The molecule has 180 valence electrons. The van der Waals surface area contributed by atoms with Gasteiger partial charge in [0.05, 0.1) is 12.8 Å². The summed E-state index contributed by atoms with van der Waals surface area (Å²) in [5, 5.41) is 10.7. The van der Waals surface area contributed by atoms with Crippen molar-refractivity contribution in [3.63, 3.8) is 0 Å². The summed E-state index contributed by atoms with van der Waals surface area (Å²) < 4.78 is 5.26. The fourth-order valence-electron chi connectivity index (χ4n) is 3.63. The number of likely N-dealkylation sites (tertiary alicyclic amines) is 1. The van der Waals surface area contributed by atoms with E-state index < -0.39 is 11.8 Å². The smallest absolute Gasteiger partial charge is 0.321 e. The summed E-state index contributed by atoms with van der Waals surface area (Å²) in [6.45, 7) is 2.86. The van der Waals surface area contributed by atoms with Crippen molar-refractivity contribution in [1.29, 1.82) is 0 Å². The molecule has 0 radical (unpaired) electrons. The first kappa shape index (κ1) is 24.6. The Balaban J connectivity index is 1.39. The summed E-state index contributed by atoms with van der Waals surface area (Å²) >= 11 is 0. The quantitative estimate of drug-likeness (QED) is 0.486. The number of carbonyl (C=O) groups excluding carboxylic acids is 4. The molecule has 0 spiro atoms. The highest BCUT2D eigenvalue weighted by molar-refractivity contribution is 6.39. The van der Waals surface area contributed by atoms with Gasteiger partial charge in [-0.05, 0) is 55.2 Å². The van der Waals surface area contributed by atoms with E-state index in [0.717, 1.165) is 0 Å². The lowest BCUT2D eigenvalue weighted by Gasteiger charge is -2.32. The van der Waals surface area contributed by atoms with Gasteiger partial charge in [0.25, 0.3) is 0 Å². The first-order valence-electron chi connectivity index (χ1n) is 11.0. The minimum absolute atomic E-state index is 0.170. The van der Waals surface area contributed by atoms with E-state index in [0.29, 0.717) is 55.3 Å². The molecule has 1 aliphatic heterocycles. The monoisotopic (exact) mass is 467 g/mol. The second kappa shape index (κ2) is 11.7. The fraction of sp³-hybridized carbons (Fsp3) is 0.333. The molecule has 0 saturated carbocycles. The molecule has 2 aromatic rings. The number of carbonyl (C=O) groups is 4. The van der Waals surface area contributed by atoms with Gasteiger partial charge in [0.1, 0.15) is 5.75 Å². The standard InChI is InChI=1S/C24H29N5O5/c1-16(30)26-18-7-9-19(10-8-18)27-23(32)22(31)25-15-17-11-13-29(14-12-17)24(33)28-20-5-3-4-6-21(20)34-2/h3-10,17H,11-15H2,1-2H3,(H,25,31)(H,26,30)(H,27,32)(H,28,33). The molecule has 1 fully saturated rings. The van der Waals surface area contributed by atoms with Crippen LogP contribution in [0.5, 0.6) is 5.75 Å². The van der Waals surface area contributed by atoms with Crippen LogP contribution in [-0.2, 0) is 14.4 Å². The minimum Gasteiger partial charge on any atom is -0.495 e. The van der Waals surface area contributed by atoms with Crippen LogP contribution in [0.25, 0.3) is 0 Å². The first-order chi connectivity index (χ1) is 16.4. The molecule has 0 aromatic heterocycles. The number of methoxy groups -OCH3 is 1. The zero-order valence-electron chi connectivity index (χ0n) is 19.2. The Kier molecular flexibility index (Phi) is 8.44. The average molecular weight is 468 g/mol. The molecule has 1 heterocycles. The zero-order valence-corrected chi connectivity index (χ0v) is 19.2. The van der Waals surface area contributed by atoms with Gasteiger partial charge in [-0.15, -0.1) is 0 Å². The van der Waals surface area contributed by atoms with Crippen molar-refractivity contribution in [2.75, 3.05) is 42.7 Å². The topological polar surface area (TPSA) is 129 Å². The zero-order chi connectivity index (χ0) is 24.5. The molecule has 3 rings (SSSR count). The van der Waals surface area contributed by atoms with E-state index in [1.165, 1.54) is 6.92 Å². The van der Waals surface area contributed by atoms with Gasteiger partial charge in [0.15, 0.2) is 0 Å². The van der Waals surface area contributed by atoms with E-state index in [-0.39, 0.29) is 17.9 Å². The van der Waals surface area contributed by atoms with E-state index >= 15 is 0 Å². The molecular formula is C24H29N5O5. The van der Waals surface area contributed by atoms with Gasteiger partial charge in [-0.1, -0.05) is 12.1 Å². The predicted molar refractivity (Wildman–Crippen MR) is 129 cm³/mol. The molecule has 1 saturated heterocycles. The van der Waals surface area contributed by atoms with Crippen LogP contribution >= 0.6 is 0 Å². The third-order valence-corrected chi connectivity index (χ3v) is 5.47. The molecule has 0 unspecified atom stereocenters. The van der Waals surface area contributed by atoms with Crippen molar-refractivity contribution in [2.45, 2.75) is 19.8 Å². The van der Waals surface area contributed by atoms with Crippen LogP contribution in [-0.4, -0.2) is 55.4 Å². The lowest BCUT2D eigenvalue weighted by atomic mass is 9.97. The second-order valence-electron chi connectivity index (χ2n) is 7.98. The van der Waals surface area contributed by atoms with Gasteiger partial charge in [-0.25, -0.2) is 4.79 Å². The second-order valence-corrected chi connectivity index (χ2v) is 7.98. The van der Waals surface area contributed by atoms with Crippen molar-refractivity contribution in [1.82, 2.24) is 10.2 Å². The van der Waals surface area contributed by atoms with Gasteiger partial charge in [0, 0.05) is 37.9 Å². The van der Waals surface area contributed by atoms with Crippen LogP contribution in [0.2, 0.25) is 0 Å². The largest absolute Gasteiger partial charge is 0.495 e. The summed E-state index contributed by atoms with van der Waals surface area (Å²) in [6, 6.07) is 13.5. The Labute approximate surface area is 198 Å². The van der Waals surface area contributed by atoms with E-state index in [2.05, 4.69) is 21.3 Å². The maximum Gasteiger partial charge on any atom is 0.321 e. The lowest BCUT2D eigenvalue weighted by Crippen LogP contribution is -2.44. The number of urea groups is 1. The molecule has 1 aliphatic rings. The van der Waals surface area contributed by atoms with Crippen LogP contribution in [0.15, 0.2) is 48.5 Å². The number of para-hydroxylation sites is 2. The van der Waals surface area contributed by atoms with E-state index in [4.69, 9.17) is 4.74 Å². The number of ether oxygens (including phenoxy) is 1. The van der Waals surface area contributed by atoms with Gasteiger partial charge in [0.2, 0.25) is 5.91 Å². The summed E-state index contributed by atoms with van der Waals surface area (Å²) in [6.07, 6.45) is 1.43. The summed E-state index contributed by atoms with van der Waals surface area (Å²) in [4.78, 5) is 49.7. The number of amides is 5. The molecule has 2 aromatic carbocycles. The van der Waals surface area contributed by atoms with Gasteiger partial charge < -0.3 is 30.9 Å². The third kappa shape index (κ3) is 6.96. The minimum atomic E-state index is -0.763. The molecule has 0 bridgehead atoms. The van der Waals surface area contributed by atoms with Crippen molar-refractivity contribution in [3.05, 3.63) is 48.5 Å². The van der Waals surface area contributed by atoms with E-state index in [1.807, 2.05) is 12.1 Å². The number of piperidine rings is 1. The van der Waals surface area contributed by atoms with Crippen LogP contribution in [0.3, 0.4) is 0 Å². The number of hydrogen-bond donors (Lipinski definition) is 4. The summed E-state index contributed by atoms with van der Waals surface area (Å²) in [5.41, 5.74) is 1.65. The summed E-state index contributed by atoms with van der Waals surface area (Å²) in [5.74, 6) is -0.915. The normalized spacial score (nSPS) is 13.5. The van der Waals surface area contributed by atoms with Crippen LogP contribution in [0.4, 0.5) is 21.9 Å². The SMILES string of the molecule is COc1ccccc1NC(=O)N1CCC(CNC(=O)C(=O)Nc2ccc(NC(C)=O)cc2)CC1. The lowest BCUT2D eigenvalue weighted by molar-refractivity contribution is -0.136. The van der Waals surface area contributed by atoms with Crippen molar-refractivity contribution in [3.8, 4) is 5.75 Å². The van der Waals surface area contributed by atoms with Crippen molar-refractivity contribution < 1.29 is 23.9 Å². The maximum atomic E-state index is 12.6. The number of nitrogens with one attached hydrogen (secondary N) is 4. The number of anilines is 3. The average Bonchev–Trinajstić information content (AvgIpc) is 2.84. The number of nitrogens with zero attached hydrogens (tertiary/aromatic N) is 1. The molecule has 34 heavy (non-hydrogen) atoms. The predicted octanol–water partition coefficient (Wildman–Crippen LogP) is 2.65. The Morgan fingerprint density at radius 3 is 2.12 bits per heavy atom. The van der Waals surface area contributed by atoms with Crippen LogP contribution in [0, 0.1) is 5.92 Å². The maximum absolute atomic E-state index is 12.6. The van der Waals surface area contributed by atoms with Crippen LogP contribution < -0.4 is 26.0 Å². The molecular weight excluding hydrogens is 438 g/mol. The molecule has 0 aliphatic carbocycles. The molecule has 10 nitrogen and oxygen atoms in total. The Hall–Kier alpha value is -4.08. The highest BCUT2D eigenvalue weighted by atomic mass is 16.5. The Bertz CT molecular complexity index is 1030. The molecule has 10 heteroatoms. The highest BCUT2D eigenvalue weighted by Gasteiger charge is 2.24. The van der Waals surface area contributed by atoms with E-state index in [9.17, 15) is 19.2 Å². The molecule has 0 atom stereocenters. The molecule has 5 amide bonds. The van der Waals surface area contributed by atoms with Gasteiger partial charge in [-0.2, -0.15) is 0 Å². The Morgan fingerprint density at radius 2 is 1.50 bits per heavy atom. The fourth-order valence-corrected chi connectivity index (χ4v) is 3.63. The molecule has 4 N–H and O–H groups in total. The summed E-state index contributed by atoms with van der Waals surface area (Å²) in [7, 11) is 1.55. The number of hydrogen-bond acceptors (Lipinski definition) is 5. The highest BCUT2D eigenvalue weighted by Crippen LogP contribution is 2.24. The van der Waals surface area contributed by atoms with Crippen molar-refractivity contribution in [2.24, 2.45) is 5.92 Å². The number of rotatable bonds is 6. The van der Waals surface area contributed by atoms with Crippen LogP contribution in [0.1, 0.15) is 19.8 Å².